The first-order valence-electron chi connectivity index (χ1n) is 8.38. The molecule has 0 radical (unpaired) electrons. The van der Waals surface area contributed by atoms with Gasteiger partial charge in [-0.2, -0.15) is 13.5 Å². The van der Waals surface area contributed by atoms with Gasteiger partial charge in [-0.1, -0.05) is 30.3 Å². The molecule has 2 aromatic rings. The summed E-state index contributed by atoms with van der Waals surface area (Å²) < 4.78 is 35.0. The number of carbonyl (C=O) groups excluding carboxylic acids is 2. The molecule has 2 fully saturated rings. The predicted octanol–water partition coefficient (Wildman–Crippen LogP) is 1.78. The molecule has 2 aliphatic heterocycles. The molecule has 2 aliphatic rings. The summed E-state index contributed by atoms with van der Waals surface area (Å²) in [7, 11) is -4.81. The summed E-state index contributed by atoms with van der Waals surface area (Å²) in [5.74, 6) is -0.356. The Morgan fingerprint density at radius 1 is 1.15 bits per heavy atom. The van der Waals surface area contributed by atoms with Crippen LogP contribution in [0.5, 0.6) is 0 Å². The maximum absolute atomic E-state index is 12.7. The Bertz CT molecular complexity index is 1020. The monoisotopic (exact) mass is 391 g/mol. The molecular weight excluding hydrogens is 374 g/mol. The van der Waals surface area contributed by atoms with Crippen LogP contribution in [0, 0.1) is 0 Å². The number of benzene rings is 2. The van der Waals surface area contributed by atoms with Crippen molar-refractivity contribution >= 4 is 38.8 Å². The number of hydrogen-bond acceptors (Lipinski definition) is 5. The topological polar surface area (TPSA) is 116 Å². The van der Waals surface area contributed by atoms with Crippen molar-refractivity contribution in [3.63, 3.8) is 0 Å². The van der Waals surface area contributed by atoms with Gasteiger partial charge >= 0.3 is 16.4 Å². The summed E-state index contributed by atoms with van der Waals surface area (Å²) in [6.07, 6.45) is 0.745. The average molecular weight is 391 g/mol. The van der Waals surface area contributed by atoms with Gasteiger partial charge in [-0.05, 0) is 35.7 Å². The number of urea groups is 1. The normalized spacial score (nSPS) is 22.3. The van der Waals surface area contributed by atoms with Crippen molar-refractivity contribution in [2.45, 2.75) is 24.9 Å². The van der Waals surface area contributed by atoms with E-state index in [-0.39, 0.29) is 12.5 Å². The lowest BCUT2D eigenvalue weighted by molar-refractivity contribution is -0.120. The van der Waals surface area contributed by atoms with Crippen molar-refractivity contribution in [3.05, 3.63) is 42.5 Å². The Morgan fingerprint density at radius 3 is 2.63 bits per heavy atom. The maximum Gasteiger partial charge on any atom is 0.418 e. The van der Waals surface area contributed by atoms with Gasteiger partial charge in [-0.15, -0.1) is 4.28 Å². The molecule has 0 aliphatic carbocycles. The minimum atomic E-state index is -4.81. The van der Waals surface area contributed by atoms with Gasteiger partial charge in [0, 0.05) is 12.2 Å². The second kappa shape index (κ2) is 6.48. The molecule has 0 spiro atoms. The fourth-order valence-corrected chi connectivity index (χ4v) is 3.99. The number of piperidine rings is 1. The highest BCUT2D eigenvalue weighted by atomic mass is 32.3. The van der Waals surface area contributed by atoms with E-state index >= 15 is 0 Å². The van der Waals surface area contributed by atoms with E-state index in [1.54, 1.807) is 6.07 Å². The van der Waals surface area contributed by atoms with Crippen LogP contribution in [-0.2, 0) is 19.5 Å². The molecular formula is C17H17N3O6S. The Morgan fingerprint density at radius 2 is 1.89 bits per heavy atom. The van der Waals surface area contributed by atoms with E-state index in [0.29, 0.717) is 23.6 Å². The highest BCUT2D eigenvalue weighted by Crippen LogP contribution is 2.31. The summed E-state index contributed by atoms with van der Waals surface area (Å²) in [5, 5.41) is 5.46. The van der Waals surface area contributed by atoms with Crippen molar-refractivity contribution in [1.82, 2.24) is 9.96 Å². The molecule has 10 heteroatoms. The van der Waals surface area contributed by atoms with E-state index < -0.39 is 28.5 Å². The number of nitrogens with zero attached hydrogens (tertiary/aromatic N) is 2. The van der Waals surface area contributed by atoms with Crippen LogP contribution in [0.15, 0.2) is 42.5 Å². The summed E-state index contributed by atoms with van der Waals surface area (Å²) in [4.78, 5) is 26.3. The predicted molar refractivity (Wildman–Crippen MR) is 96.0 cm³/mol. The minimum Gasteiger partial charge on any atom is -0.324 e. The van der Waals surface area contributed by atoms with Crippen molar-refractivity contribution < 1.29 is 26.8 Å². The van der Waals surface area contributed by atoms with Crippen molar-refractivity contribution in [3.8, 4) is 0 Å². The minimum absolute atomic E-state index is 0.157. The zero-order chi connectivity index (χ0) is 19.2. The molecule has 2 N–H and O–H groups in total. The molecule has 1 unspecified atom stereocenters. The zero-order valence-corrected chi connectivity index (χ0v) is 14.9. The Balaban J connectivity index is 1.50. The molecule has 4 rings (SSSR count). The van der Waals surface area contributed by atoms with Gasteiger partial charge in [0.1, 0.15) is 6.04 Å². The number of fused-ring (bicyclic) bond motifs is 3. The smallest absolute Gasteiger partial charge is 0.324 e. The lowest BCUT2D eigenvalue weighted by atomic mass is 10.00. The second-order valence-corrected chi connectivity index (χ2v) is 7.57. The third-order valence-electron chi connectivity index (χ3n) is 4.82. The van der Waals surface area contributed by atoms with Gasteiger partial charge in [0.05, 0.1) is 6.04 Å². The molecule has 0 aromatic heterocycles. The second-order valence-electron chi connectivity index (χ2n) is 6.56. The fourth-order valence-electron chi connectivity index (χ4n) is 3.60. The van der Waals surface area contributed by atoms with E-state index in [1.165, 1.54) is 4.90 Å². The van der Waals surface area contributed by atoms with E-state index in [1.807, 2.05) is 36.4 Å². The zero-order valence-electron chi connectivity index (χ0n) is 14.1. The standard InChI is InChI=1S/C17H17N3O6S/c21-16(18-13-6-5-11-3-1-2-4-12(11)9-13)15-8-7-14-10-19(15)17(22)20(14)26-27(23,24)25/h1-6,9,14-15H,7-8,10H2,(H,18,21)(H,23,24,25)/t14?,15-/m0/s1. The number of amides is 3. The number of nitrogens with one attached hydrogen (secondary N) is 1. The van der Waals surface area contributed by atoms with Crippen molar-refractivity contribution in [2.24, 2.45) is 0 Å². The first-order chi connectivity index (χ1) is 12.8. The van der Waals surface area contributed by atoms with Crippen molar-refractivity contribution in [2.75, 3.05) is 11.9 Å². The summed E-state index contributed by atoms with van der Waals surface area (Å²) in [6, 6.07) is 11.2. The molecule has 3 amide bonds. The van der Waals surface area contributed by atoms with Crippen LogP contribution in [0.2, 0.25) is 0 Å². The first kappa shape index (κ1) is 17.7. The van der Waals surface area contributed by atoms with E-state index in [0.717, 1.165) is 10.8 Å². The van der Waals surface area contributed by atoms with Gasteiger partial charge in [0.2, 0.25) is 5.91 Å². The summed E-state index contributed by atoms with van der Waals surface area (Å²) in [5.41, 5.74) is 0.610. The van der Waals surface area contributed by atoms with E-state index in [4.69, 9.17) is 4.55 Å². The van der Waals surface area contributed by atoms with Gasteiger partial charge in [-0.3, -0.25) is 9.35 Å². The van der Waals surface area contributed by atoms with Crippen molar-refractivity contribution in [1.29, 1.82) is 0 Å². The highest BCUT2D eigenvalue weighted by Gasteiger charge is 2.49. The molecule has 27 heavy (non-hydrogen) atoms. The fraction of sp³-hybridized carbons (Fsp3) is 0.294. The third-order valence-corrected chi connectivity index (χ3v) is 5.17. The van der Waals surface area contributed by atoms with Gasteiger partial charge in [-0.25, -0.2) is 4.79 Å². The molecule has 2 saturated heterocycles. The number of carbonyl (C=O) groups is 2. The Labute approximate surface area is 155 Å². The van der Waals surface area contributed by atoms with Gasteiger partial charge in [0.15, 0.2) is 0 Å². The molecule has 0 saturated carbocycles. The third kappa shape index (κ3) is 3.46. The number of hydrogen-bond donors (Lipinski definition) is 2. The molecule has 142 valence electrons. The SMILES string of the molecule is O=C(Nc1ccc2ccccc2c1)[C@@H]1CCC2CN1C(=O)N2OS(=O)(=O)O. The van der Waals surface area contributed by atoms with Crippen LogP contribution in [0.1, 0.15) is 12.8 Å². The average Bonchev–Trinajstić information content (AvgIpc) is 2.85. The molecule has 2 aromatic carbocycles. The van der Waals surface area contributed by atoms with Crippen LogP contribution in [0.3, 0.4) is 0 Å². The van der Waals surface area contributed by atoms with Gasteiger partial charge in [0.25, 0.3) is 0 Å². The lowest BCUT2D eigenvalue weighted by Crippen LogP contribution is -2.47. The summed E-state index contributed by atoms with van der Waals surface area (Å²) in [6.45, 7) is 0.157. The Hall–Kier alpha value is -2.69. The van der Waals surface area contributed by atoms with Crippen LogP contribution < -0.4 is 5.32 Å². The Kier molecular flexibility index (Phi) is 4.25. The summed E-state index contributed by atoms with van der Waals surface area (Å²) >= 11 is 0. The highest BCUT2D eigenvalue weighted by molar-refractivity contribution is 7.80. The maximum atomic E-state index is 12.7. The van der Waals surface area contributed by atoms with Crippen LogP contribution >= 0.6 is 0 Å². The van der Waals surface area contributed by atoms with Crippen LogP contribution in [0.25, 0.3) is 10.8 Å². The van der Waals surface area contributed by atoms with E-state index in [9.17, 15) is 18.0 Å². The van der Waals surface area contributed by atoms with Crippen LogP contribution in [0.4, 0.5) is 10.5 Å². The largest absolute Gasteiger partial charge is 0.418 e. The van der Waals surface area contributed by atoms with Gasteiger partial charge < -0.3 is 10.2 Å². The van der Waals surface area contributed by atoms with Crippen LogP contribution in [-0.4, -0.2) is 53.5 Å². The molecule has 9 nitrogen and oxygen atoms in total. The number of rotatable bonds is 4. The molecule has 2 atom stereocenters. The van der Waals surface area contributed by atoms with E-state index in [2.05, 4.69) is 9.60 Å². The first-order valence-corrected chi connectivity index (χ1v) is 9.75. The number of hydroxylamine groups is 2. The lowest BCUT2D eigenvalue weighted by Gasteiger charge is -2.29. The quantitative estimate of drug-likeness (QED) is 0.768. The molecule has 2 bridgehead atoms. The number of anilines is 1. The molecule has 2 heterocycles.